The molecule has 0 aliphatic carbocycles. The Hall–Kier alpha value is -1.71. The van der Waals surface area contributed by atoms with Gasteiger partial charge in [-0.05, 0) is 45.1 Å². The number of carbonyl (C=O) groups is 3. The average Bonchev–Trinajstić information content (AvgIpc) is 3.24. The summed E-state index contributed by atoms with van der Waals surface area (Å²) in [6.45, 7) is 4.13. The van der Waals surface area contributed by atoms with Gasteiger partial charge in [-0.3, -0.25) is 14.9 Å². The van der Waals surface area contributed by atoms with E-state index >= 15 is 0 Å². The monoisotopic (exact) mass is 480 g/mol. The Labute approximate surface area is 198 Å². The summed E-state index contributed by atoms with van der Waals surface area (Å²) in [5, 5.41) is 12.9. The number of likely N-dealkylation sites (tertiary alicyclic amines) is 1. The number of esters is 1. The van der Waals surface area contributed by atoms with E-state index in [0.717, 1.165) is 23.5 Å². The molecular formula is C23H32N2O5S2. The molecule has 176 valence electrons. The van der Waals surface area contributed by atoms with Crippen LogP contribution in [0.15, 0.2) is 30.3 Å². The zero-order valence-corrected chi connectivity index (χ0v) is 20.3. The first-order valence-corrected chi connectivity index (χ1v) is 13.1. The highest BCUT2D eigenvalue weighted by molar-refractivity contribution is 8.21. The van der Waals surface area contributed by atoms with Crippen molar-refractivity contribution in [2.75, 3.05) is 24.7 Å². The molecule has 2 saturated heterocycles. The molecule has 3 atom stereocenters. The van der Waals surface area contributed by atoms with E-state index in [1.807, 2.05) is 53.9 Å². The maximum atomic E-state index is 13.4. The maximum Gasteiger partial charge on any atom is 0.326 e. The third-order valence-electron chi connectivity index (χ3n) is 5.93. The number of nitrogens with zero attached hydrogens (tertiary/aromatic N) is 1. The number of aliphatic carboxylic acids is 1. The number of piperidine rings is 1. The molecule has 1 amide bonds. The van der Waals surface area contributed by atoms with E-state index in [-0.39, 0.29) is 16.6 Å². The molecule has 0 aromatic heterocycles. The molecule has 0 saturated carbocycles. The van der Waals surface area contributed by atoms with Crippen molar-refractivity contribution in [1.29, 1.82) is 0 Å². The van der Waals surface area contributed by atoms with E-state index in [1.54, 1.807) is 13.8 Å². The first-order chi connectivity index (χ1) is 15.3. The molecule has 2 heterocycles. The molecule has 2 N–H and O–H groups in total. The number of ether oxygens (including phenoxy) is 1. The van der Waals surface area contributed by atoms with Crippen molar-refractivity contribution >= 4 is 41.4 Å². The summed E-state index contributed by atoms with van der Waals surface area (Å²) < 4.78 is 5.11. The van der Waals surface area contributed by atoms with E-state index in [1.165, 1.54) is 4.90 Å². The van der Waals surface area contributed by atoms with Gasteiger partial charge in [0.05, 0.1) is 16.7 Å². The molecule has 2 aliphatic heterocycles. The summed E-state index contributed by atoms with van der Waals surface area (Å²) in [5.41, 5.74) is 1.10. The lowest BCUT2D eigenvalue weighted by molar-refractivity contribution is -0.153. The van der Waals surface area contributed by atoms with Crippen LogP contribution in [0, 0.1) is 0 Å². The third kappa shape index (κ3) is 6.20. The zero-order chi connectivity index (χ0) is 23.1. The van der Waals surface area contributed by atoms with Crippen LogP contribution in [0.1, 0.15) is 38.7 Å². The molecule has 1 aromatic carbocycles. The number of aryl methyl sites for hydroxylation is 1. The van der Waals surface area contributed by atoms with Crippen LogP contribution in [-0.4, -0.2) is 74.7 Å². The molecule has 0 radical (unpaired) electrons. The minimum atomic E-state index is -0.973. The largest absolute Gasteiger partial charge is 0.480 e. The fourth-order valence-corrected chi connectivity index (χ4v) is 7.50. The molecule has 32 heavy (non-hydrogen) atoms. The fourth-order valence-electron chi connectivity index (χ4n) is 4.27. The average molecular weight is 481 g/mol. The van der Waals surface area contributed by atoms with Gasteiger partial charge in [-0.25, -0.2) is 4.79 Å². The quantitative estimate of drug-likeness (QED) is 0.521. The Bertz CT molecular complexity index is 801. The number of rotatable bonds is 9. The Kier molecular flexibility index (Phi) is 8.90. The first kappa shape index (κ1) is 24.9. The van der Waals surface area contributed by atoms with Crippen LogP contribution in [-0.2, 0) is 25.5 Å². The van der Waals surface area contributed by atoms with Gasteiger partial charge in [0.15, 0.2) is 0 Å². The highest BCUT2D eigenvalue weighted by Crippen LogP contribution is 2.50. The van der Waals surface area contributed by atoms with Crippen LogP contribution in [0.5, 0.6) is 0 Å². The highest BCUT2D eigenvalue weighted by Gasteiger charge is 2.47. The lowest BCUT2D eigenvalue weighted by atomic mass is 9.99. The van der Waals surface area contributed by atoms with Gasteiger partial charge in [0.25, 0.3) is 0 Å². The van der Waals surface area contributed by atoms with Gasteiger partial charge in [0.2, 0.25) is 5.91 Å². The summed E-state index contributed by atoms with van der Waals surface area (Å²) in [7, 11) is 0. The molecule has 3 rings (SSSR count). The van der Waals surface area contributed by atoms with E-state index in [4.69, 9.17) is 4.74 Å². The summed E-state index contributed by atoms with van der Waals surface area (Å²) >= 11 is 3.65. The van der Waals surface area contributed by atoms with E-state index in [0.29, 0.717) is 25.8 Å². The lowest BCUT2D eigenvalue weighted by Crippen LogP contribution is -2.60. The molecule has 1 aromatic rings. The van der Waals surface area contributed by atoms with Crippen molar-refractivity contribution in [1.82, 2.24) is 10.2 Å². The SMILES string of the molecule is CCOC(=O)[C@H](CCc1ccccc1)NC(C)C(=O)N1CC2(CC[C@H]1C(=O)O)SCCS2. The van der Waals surface area contributed by atoms with E-state index in [2.05, 4.69) is 5.32 Å². The number of carboxylic acids is 1. The second-order valence-corrected chi connectivity index (χ2v) is 11.4. The number of nitrogens with one attached hydrogen (secondary N) is 1. The third-order valence-corrected chi connectivity index (χ3v) is 9.43. The molecule has 1 unspecified atom stereocenters. The molecule has 0 bridgehead atoms. The number of carboxylic acid groups (broad SMARTS) is 1. The number of amides is 1. The minimum Gasteiger partial charge on any atom is -0.480 e. The molecular weight excluding hydrogens is 448 g/mol. The van der Waals surface area contributed by atoms with Gasteiger partial charge in [-0.2, -0.15) is 0 Å². The number of thioether (sulfide) groups is 2. The summed E-state index contributed by atoms with van der Waals surface area (Å²) in [5.74, 6) is 0.388. The Balaban J connectivity index is 1.69. The first-order valence-electron chi connectivity index (χ1n) is 11.1. The van der Waals surface area contributed by atoms with Crippen LogP contribution in [0.3, 0.4) is 0 Å². The van der Waals surface area contributed by atoms with Gasteiger partial charge >= 0.3 is 11.9 Å². The topological polar surface area (TPSA) is 95.9 Å². The smallest absolute Gasteiger partial charge is 0.326 e. The second-order valence-electron chi connectivity index (χ2n) is 8.18. The predicted molar refractivity (Wildman–Crippen MR) is 128 cm³/mol. The molecule has 9 heteroatoms. The number of benzene rings is 1. The van der Waals surface area contributed by atoms with Crippen LogP contribution in [0.25, 0.3) is 0 Å². The van der Waals surface area contributed by atoms with E-state index < -0.39 is 30.1 Å². The van der Waals surface area contributed by atoms with Gasteiger partial charge in [0, 0.05) is 18.1 Å². The van der Waals surface area contributed by atoms with Gasteiger partial charge in [0.1, 0.15) is 12.1 Å². The Morgan fingerprint density at radius 3 is 2.56 bits per heavy atom. The standard InChI is InChI=1S/C23H32N2O5S2/c1-3-30-22(29)18(10-9-17-7-5-4-6-8-17)24-16(2)20(26)25-15-23(31-13-14-32-23)12-11-19(25)21(27)28/h4-8,16,18-19,24H,3,9-15H2,1-2H3,(H,27,28)/t16?,18-,19-/m0/s1. The maximum absolute atomic E-state index is 13.4. The van der Waals surface area contributed by atoms with Crippen molar-refractivity contribution in [2.45, 2.75) is 61.7 Å². The van der Waals surface area contributed by atoms with Gasteiger partial charge in [-0.1, -0.05) is 30.3 Å². The number of hydrogen-bond acceptors (Lipinski definition) is 7. The summed E-state index contributed by atoms with van der Waals surface area (Å²) in [6.07, 6.45) is 2.38. The van der Waals surface area contributed by atoms with Gasteiger partial charge in [-0.15, -0.1) is 23.5 Å². The minimum absolute atomic E-state index is 0.116. The number of hydrogen-bond donors (Lipinski definition) is 2. The van der Waals surface area contributed by atoms with E-state index in [9.17, 15) is 19.5 Å². The molecule has 7 nitrogen and oxygen atoms in total. The normalized spacial score (nSPS) is 21.8. The second kappa shape index (κ2) is 11.4. The zero-order valence-electron chi connectivity index (χ0n) is 18.6. The Morgan fingerprint density at radius 1 is 1.25 bits per heavy atom. The molecule has 1 spiro atoms. The van der Waals surface area contributed by atoms with Crippen LogP contribution >= 0.6 is 23.5 Å². The van der Waals surface area contributed by atoms with Crippen LogP contribution < -0.4 is 5.32 Å². The van der Waals surface area contributed by atoms with Gasteiger partial charge < -0.3 is 14.7 Å². The van der Waals surface area contributed by atoms with Crippen molar-refractivity contribution in [3.63, 3.8) is 0 Å². The van der Waals surface area contributed by atoms with Crippen molar-refractivity contribution in [3.05, 3.63) is 35.9 Å². The highest BCUT2D eigenvalue weighted by atomic mass is 32.2. The van der Waals surface area contributed by atoms with Crippen LogP contribution in [0.2, 0.25) is 0 Å². The number of carbonyl (C=O) groups excluding carboxylic acids is 2. The fraction of sp³-hybridized carbons (Fsp3) is 0.609. The Morgan fingerprint density at radius 2 is 1.94 bits per heavy atom. The van der Waals surface area contributed by atoms with Crippen LogP contribution in [0.4, 0.5) is 0 Å². The van der Waals surface area contributed by atoms with Crippen molar-refractivity contribution in [3.8, 4) is 0 Å². The predicted octanol–water partition coefficient (Wildman–Crippen LogP) is 2.78. The van der Waals surface area contributed by atoms with Crippen molar-refractivity contribution in [2.24, 2.45) is 0 Å². The van der Waals surface area contributed by atoms with Crippen molar-refractivity contribution < 1.29 is 24.2 Å². The summed E-state index contributed by atoms with van der Waals surface area (Å²) in [6, 6.07) is 7.66. The molecule has 2 fully saturated rings. The molecule has 2 aliphatic rings. The summed E-state index contributed by atoms with van der Waals surface area (Å²) in [4.78, 5) is 39.3. The lowest BCUT2D eigenvalue weighted by Gasteiger charge is -2.43.